The summed E-state index contributed by atoms with van der Waals surface area (Å²) in [6.07, 6.45) is 0. The van der Waals surface area contributed by atoms with Crippen molar-refractivity contribution < 1.29 is 23.7 Å². The molecule has 1 aliphatic heterocycles. The minimum absolute atomic E-state index is 0.0242. The Morgan fingerprint density at radius 2 is 1.73 bits per heavy atom. The number of aryl methyl sites for hydroxylation is 1. The van der Waals surface area contributed by atoms with Gasteiger partial charge in [0.2, 0.25) is 5.88 Å². The van der Waals surface area contributed by atoms with Crippen molar-refractivity contribution in [2.45, 2.75) is 26.4 Å². The van der Waals surface area contributed by atoms with Gasteiger partial charge in [0.15, 0.2) is 11.5 Å². The van der Waals surface area contributed by atoms with Crippen LogP contribution >= 0.6 is 11.6 Å². The van der Waals surface area contributed by atoms with Crippen LogP contribution in [0, 0.1) is 18.3 Å². The summed E-state index contributed by atoms with van der Waals surface area (Å²) in [5, 5.41) is 10.5. The highest BCUT2D eigenvalue weighted by molar-refractivity contribution is 6.30. The summed E-state index contributed by atoms with van der Waals surface area (Å²) in [6.45, 7) is 4.75. The lowest BCUT2D eigenvalue weighted by Crippen LogP contribution is -2.21. The van der Waals surface area contributed by atoms with Crippen molar-refractivity contribution in [1.82, 2.24) is 0 Å². The third-order valence-corrected chi connectivity index (χ3v) is 6.85. The van der Waals surface area contributed by atoms with Crippen LogP contribution in [0.25, 0.3) is 0 Å². The van der Waals surface area contributed by atoms with Gasteiger partial charge in [0.1, 0.15) is 29.7 Å². The van der Waals surface area contributed by atoms with Gasteiger partial charge in [-0.1, -0.05) is 53.6 Å². The first kappa shape index (κ1) is 27.6. The number of hydrogen-bond donors (Lipinski definition) is 1. The van der Waals surface area contributed by atoms with Crippen LogP contribution in [-0.4, -0.2) is 12.6 Å². The molecule has 1 aliphatic rings. The zero-order valence-electron chi connectivity index (χ0n) is 22.5. The maximum Gasteiger partial charge on any atom is 0.343 e. The Labute approximate surface area is 243 Å². The van der Waals surface area contributed by atoms with Gasteiger partial charge in [0.05, 0.1) is 18.1 Å². The largest absolute Gasteiger partial charge is 0.490 e. The first-order chi connectivity index (χ1) is 19.9. The number of carbonyl (C=O) groups is 1. The molecule has 0 saturated heterocycles. The Bertz CT molecular complexity index is 1660. The smallest absolute Gasteiger partial charge is 0.343 e. The van der Waals surface area contributed by atoms with Gasteiger partial charge in [-0.3, -0.25) is 0 Å². The first-order valence-corrected chi connectivity index (χ1v) is 13.4. The number of nitrogens with zero attached hydrogens (tertiary/aromatic N) is 1. The fourth-order valence-electron chi connectivity index (χ4n) is 4.53. The standard InChI is InChI=1S/C33H27ClN2O5/c1-3-38-30-16-23(10-15-28(30)39-19-21-6-4-20(2)5-7-21)31-26-14-13-25(17-29(26)41-32(36)27(31)18-35)40-33(37)22-8-11-24(34)12-9-22/h4-17,31H,3,19,36H2,1-2H3. The Hall–Kier alpha value is -4.93. The van der Waals surface area contributed by atoms with Crippen molar-refractivity contribution in [3.05, 3.63) is 129 Å². The Morgan fingerprint density at radius 3 is 2.44 bits per heavy atom. The molecule has 5 rings (SSSR count). The molecule has 1 unspecified atom stereocenters. The van der Waals surface area contributed by atoms with Crippen LogP contribution in [0.4, 0.5) is 0 Å². The maximum absolute atomic E-state index is 12.6. The number of benzene rings is 4. The van der Waals surface area contributed by atoms with Gasteiger partial charge in [0, 0.05) is 16.7 Å². The fourth-order valence-corrected chi connectivity index (χ4v) is 4.66. The van der Waals surface area contributed by atoms with Crippen LogP contribution in [0.5, 0.6) is 23.0 Å². The van der Waals surface area contributed by atoms with Crippen LogP contribution in [0.2, 0.25) is 5.02 Å². The molecule has 0 saturated carbocycles. The van der Waals surface area contributed by atoms with Gasteiger partial charge in [-0.15, -0.1) is 0 Å². The van der Waals surface area contributed by atoms with Gasteiger partial charge in [-0.05, 0) is 67.4 Å². The number of esters is 1. The minimum atomic E-state index is -0.544. The Kier molecular flexibility index (Phi) is 8.14. The molecule has 0 bridgehead atoms. The molecule has 0 aliphatic carbocycles. The monoisotopic (exact) mass is 566 g/mol. The van der Waals surface area contributed by atoms with Crippen molar-refractivity contribution in [2.24, 2.45) is 5.73 Å². The van der Waals surface area contributed by atoms with Gasteiger partial charge in [0.25, 0.3) is 0 Å². The molecule has 41 heavy (non-hydrogen) atoms. The van der Waals surface area contributed by atoms with E-state index in [1.54, 1.807) is 42.5 Å². The second-order valence-corrected chi connectivity index (χ2v) is 9.87. The van der Waals surface area contributed by atoms with Crippen LogP contribution in [0.15, 0.2) is 96.4 Å². The summed E-state index contributed by atoms with van der Waals surface area (Å²) < 4.78 is 23.4. The normalized spacial score (nSPS) is 14.0. The molecule has 2 N–H and O–H groups in total. The van der Waals surface area contributed by atoms with E-state index in [2.05, 4.69) is 6.07 Å². The number of rotatable bonds is 8. The predicted octanol–water partition coefficient (Wildman–Crippen LogP) is 7.06. The number of hydrogen-bond acceptors (Lipinski definition) is 7. The average Bonchev–Trinajstić information content (AvgIpc) is 2.97. The molecule has 1 heterocycles. The topological polar surface area (TPSA) is 104 Å². The molecule has 8 heteroatoms. The summed E-state index contributed by atoms with van der Waals surface area (Å²) in [7, 11) is 0. The number of allylic oxidation sites excluding steroid dienone is 1. The molecule has 0 aromatic heterocycles. The van der Waals surface area contributed by atoms with Gasteiger partial charge < -0.3 is 24.7 Å². The quantitative estimate of drug-likeness (QED) is 0.180. The molecular formula is C33H27ClN2O5. The maximum atomic E-state index is 12.6. The molecule has 0 amide bonds. The summed E-state index contributed by atoms with van der Waals surface area (Å²) in [6, 6.07) is 27.3. The van der Waals surface area contributed by atoms with Crippen molar-refractivity contribution in [1.29, 1.82) is 5.26 Å². The second-order valence-electron chi connectivity index (χ2n) is 9.43. The lowest BCUT2D eigenvalue weighted by molar-refractivity contribution is 0.0734. The average molecular weight is 567 g/mol. The van der Waals surface area contributed by atoms with Crippen LogP contribution in [-0.2, 0) is 6.61 Å². The molecule has 4 aromatic carbocycles. The van der Waals surface area contributed by atoms with E-state index in [0.717, 1.165) is 11.1 Å². The third-order valence-electron chi connectivity index (χ3n) is 6.60. The van der Waals surface area contributed by atoms with Gasteiger partial charge >= 0.3 is 5.97 Å². The number of fused-ring (bicyclic) bond motifs is 1. The SMILES string of the molecule is CCOc1cc(C2C(C#N)=C(N)Oc3cc(OC(=O)c4ccc(Cl)cc4)ccc32)ccc1OCc1ccc(C)cc1. The van der Waals surface area contributed by atoms with E-state index in [9.17, 15) is 10.1 Å². The number of ether oxygens (including phenoxy) is 4. The summed E-state index contributed by atoms with van der Waals surface area (Å²) in [4.78, 5) is 12.6. The second kappa shape index (κ2) is 12.1. The lowest BCUT2D eigenvalue weighted by atomic mass is 9.83. The predicted molar refractivity (Wildman–Crippen MR) is 155 cm³/mol. The summed E-state index contributed by atoms with van der Waals surface area (Å²) >= 11 is 5.92. The highest BCUT2D eigenvalue weighted by atomic mass is 35.5. The molecule has 7 nitrogen and oxygen atoms in total. The minimum Gasteiger partial charge on any atom is -0.490 e. The molecule has 206 valence electrons. The fraction of sp³-hybridized carbons (Fsp3) is 0.152. The Balaban J connectivity index is 1.44. The summed E-state index contributed by atoms with van der Waals surface area (Å²) in [5.74, 6) is 0.686. The first-order valence-electron chi connectivity index (χ1n) is 13.0. The van der Waals surface area contributed by atoms with E-state index < -0.39 is 11.9 Å². The number of halogens is 1. The van der Waals surface area contributed by atoms with Crippen molar-refractivity contribution in [2.75, 3.05) is 6.61 Å². The zero-order valence-corrected chi connectivity index (χ0v) is 23.3. The molecule has 0 spiro atoms. The third kappa shape index (κ3) is 6.13. The van der Waals surface area contributed by atoms with E-state index >= 15 is 0 Å². The number of nitriles is 1. The molecule has 0 fully saturated rings. The van der Waals surface area contributed by atoms with Crippen molar-refractivity contribution in [3.63, 3.8) is 0 Å². The summed E-state index contributed by atoms with van der Waals surface area (Å²) in [5.41, 5.74) is 10.5. The van der Waals surface area contributed by atoms with Crippen LogP contribution < -0.4 is 24.7 Å². The molecule has 4 aromatic rings. The molecular weight excluding hydrogens is 540 g/mol. The molecule has 1 atom stereocenters. The van der Waals surface area contributed by atoms with E-state index in [1.807, 2.05) is 56.3 Å². The number of nitrogens with two attached hydrogens (primary N) is 1. The highest BCUT2D eigenvalue weighted by Gasteiger charge is 2.32. The van der Waals surface area contributed by atoms with Crippen molar-refractivity contribution in [3.8, 4) is 29.1 Å². The Morgan fingerprint density at radius 1 is 0.976 bits per heavy atom. The van der Waals surface area contributed by atoms with Crippen LogP contribution in [0.3, 0.4) is 0 Å². The zero-order chi connectivity index (χ0) is 28.9. The van der Waals surface area contributed by atoms with E-state index in [4.69, 9.17) is 36.3 Å². The van der Waals surface area contributed by atoms with Gasteiger partial charge in [-0.2, -0.15) is 5.26 Å². The van der Waals surface area contributed by atoms with Gasteiger partial charge in [-0.25, -0.2) is 4.79 Å². The van der Waals surface area contributed by atoms with E-state index in [0.29, 0.717) is 46.6 Å². The van der Waals surface area contributed by atoms with Crippen LogP contribution in [0.1, 0.15) is 45.5 Å². The lowest BCUT2D eigenvalue weighted by Gasteiger charge is -2.27. The van der Waals surface area contributed by atoms with E-state index in [-0.39, 0.29) is 17.2 Å². The number of carbonyl (C=O) groups excluding carboxylic acids is 1. The van der Waals surface area contributed by atoms with E-state index in [1.165, 1.54) is 5.56 Å². The highest BCUT2D eigenvalue weighted by Crippen LogP contribution is 2.45. The van der Waals surface area contributed by atoms with Crippen molar-refractivity contribution >= 4 is 17.6 Å². The molecule has 0 radical (unpaired) electrons.